The molecule has 0 fully saturated rings. The van der Waals surface area contributed by atoms with Crippen LogP contribution in [0.3, 0.4) is 0 Å². The molecule has 0 radical (unpaired) electrons. The highest BCUT2D eigenvalue weighted by Gasteiger charge is 2.00. The van der Waals surface area contributed by atoms with Gasteiger partial charge in [0.15, 0.2) is 6.29 Å². The molecule has 0 aliphatic rings. The molecule has 0 heterocycles. The Hall–Kier alpha value is -0.280. The first-order valence-electron chi connectivity index (χ1n) is 4.19. The van der Waals surface area contributed by atoms with Crippen molar-refractivity contribution in [3.8, 4) is 0 Å². The van der Waals surface area contributed by atoms with Crippen molar-refractivity contribution in [2.45, 2.75) is 20.1 Å². The third-order valence-electron chi connectivity index (χ3n) is 1.18. The zero-order chi connectivity index (χ0) is 9.94. The van der Waals surface area contributed by atoms with E-state index in [4.69, 9.17) is 9.47 Å². The van der Waals surface area contributed by atoms with E-state index in [0.717, 1.165) is 0 Å². The number of rotatable bonds is 8. The molecule has 0 atom stereocenters. The Morgan fingerprint density at radius 2 is 1.92 bits per heavy atom. The number of hydrogen-bond acceptors (Lipinski definition) is 4. The van der Waals surface area contributed by atoms with Gasteiger partial charge in [-0.3, -0.25) is 4.52 Å². The van der Waals surface area contributed by atoms with Crippen molar-refractivity contribution in [1.82, 2.24) is 0 Å². The maximum absolute atomic E-state index is 9.88. The van der Waals surface area contributed by atoms with E-state index in [1.54, 1.807) is 12.2 Å². The van der Waals surface area contributed by atoms with Crippen molar-refractivity contribution in [3.63, 3.8) is 0 Å². The summed E-state index contributed by atoms with van der Waals surface area (Å²) >= 11 is 0. The van der Waals surface area contributed by atoms with Gasteiger partial charge in [-0.05, 0) is 19.9 Å². The van der Waals surface area contributed by atoms with Crippen molar-refractivity contribution < 1.29 is 18.6 Å². The molecule has 0 spiro atoms. The lowest BCUT2D eigenvalue weighted by molar-refractivity contribution is -0.104. The molecule has 0 aliphatic carbocycles. The summed E-state index contributed by atoms with van der Waals surface area (Å²) in [5.41, 5.74) is 0. The topological polar surface area (TPSA) is 44.8 Å². The molecule has 0 aromatic heterocycles. The summed E-state index contributed by atoms with van der Waals surface area (Å²) in [6.45, 7) is 5.27. The number of hydrogen-bond donors (Lipinski definition) is 0. The van der Waals surface area contributed by atoms with Crippen LogP contribution in [0.15, 0.2) is 12.2 Å². The third kappa shape index (κ3) is 8.06. The van der Waals surface area contributed by atoms with Gasteiger partial charge in [-0.15, -0.1) is 0 Å². The van der Waals surface area contributed by atoms with E-state index in [9.17, 15) is 4.57 Å². The summed E-state index contributed by atoms with van der Waals surface area (Å²) in [6.07, 6.45) is 3.11. The van der Waals surface area contributed by atoms with E-state index in [-0.39, 0.29) is 15.0 Å². The fourth-order valence-electron chi connectivity index (χ4n) is 0.728. The summed E-state index contributed by atoms with van der Waals surface area (Å²) in [4.78, 5) is 0. The normalized spacial score (nSPS) is 11.9. The second-order valence-corrected chi connectivity index (χ2v) is 2.48. The van der Waals surface area contributed by atoms with Crippen LogP contribution in [0.25, 0.3) is 0 Å². The van der Waals surface area contributed by atoms with E-state index in [2.05, 4.69) is 4.52 Å². The first-order valence-corrected chi connectivity index (χ1v) is 4.92. The monoisotopic (exact) mass is 206 g/mol. The van der Waals surface area contributed by atoms with Crippen LogP contribution in [0.4, 0.5) is 0 Å². The van der Waals surface area contributed by atoms with Gasteiger partial charge in [-0.2, -0.15) is 0 Å². The fourth-order valence-corrected chi connectivity index (χ4v) is 0.875. The van der Waals surface area contributed by atoms with Crippen LogP contribution in [0.2, 0.25) is 0 Å². The zero-order valence-electron chi connectivity index (χ0n) is 7.93. The highest BCUT2D eigenvalue weighted by Crippen LogP contribution is 1.99. The second kappa shape index (κ2) is 9.81. The molecule has 0 unspecified atom stereocenters. The summed E-state index contributed by atoms with van der Waals surface area (Å²) < 4.78 is 24.9. The maximum Gasteiger partial charge on any atom is 0.327 e. The van der Waals surface area contributed by atoms with E-state index in [0.29, 0.717) is 19.8 Å². The minimum atomic E-state index is -0.332. The Morgan fingerprint density at radius 3 is 2.38 bits per heavy atom. The molecule has 0 N–H and O–H groups in total. The molecule has 4 nitrogen and oxygen atoms in total. The molecule has 0 amide bonds. The molecule has 0 saturated heterocycles. The van der Waals surface area contributed by atoms with E-state index in [1.807, 2.05) is 13.8 Å². The van der Waals surface area contributed by atoms with Crippen LogP contribution < -0.4 is 0 Å². The largest absolute Gasteiger partial charge is 0.349 e. The van der Waals surface area contributed by atoms with E-state index in [1.165, 1.54) is 0 Å². The van der Waals surface area contributed by atoms with Gasteiger partial charge in [-0.25, -0.2) is 4.57 Å². The molecule has 0 aromatic carbocycles. The zero-order valence-corrected chi connectivity index (χ0v) is 8.83. The Labute approximate surface area is 80.2 Å². The van der Waals surface area contributed by atoms with Crippen molar-refractivity contribution in [2.24, 2.45) is 0 Å². The van der Waals surface area contributed by atoms with Gasteiger partial charge < -0.3 is 9.47 Å². The van der Waals surface area contributed by atoms with Crippen molar-refractivity contribution in [3.05, 3.63) is 12.2 Å². The van der Waals surface area contributed by atoms with Gasteiger partial charge in [0.05, 0.1) is 6.61 Å². The Balaban J connectivity index is 3.64. The van der Waals surface area contributed by atoms with Crippen molar-refractivity contribution >= 4 is 8.69 Å². The molecule has 13 heavy (non-hydrogen) atoms. The molecule has 0 aliphatic heterocycles. The highest BCUT2D eigenvalue weighted by molar-refractivity contribution is 7.17. The molecular formula is C8H15O4P. The Morgan fingerprint density at radius 1 is 1.31 bits per heavy atom. The van der Waals surface area contributed by atoms with E-state index >= 15 is 0 Å². The Bertz CT molecular complexity index is 143. The lowest BCUT2D eigenvalue weighted by atomic mass is 10.5. The van der Waals surface area contributed by atoms with Gasteiger partial charge in [0.2, 0.25) is 0 Å². The van der Waals surface area contributed by atoms with Crippen LogP contribution >= 0.6 is 8.69 Å². The second-order valence-electron chi connectivity index (χ2n) is 2.08. The maximum atomic E-state index is 9.88. The molecule has 0 bridgehead atoms. The minimum Gasteiger partial charge on any atom is -0.349 e. The average molecular weight is 206 g/mol. The quantitative estimate of drug-likeness (QED) is 0.264. The third-order valence-corrected chi connectivity index (χ3v) is 1.43. The minimum absolute atomic E-state index is 0.293. The van der Waals surface area contributed by atoms with E-state index < -0.39 is 0 Å². The van der Waals surface area contributed by atoms with Gasteiger partial charge >= 0.3 is 8.69 Å². The standard InChI is InChI=1S/C8H15O4P/c1-3-10-8(11-4-2)6-5-7-12-13-9/h5-6,8H,3-4,7H2,1-2H3/b6-5+. The SMILES string of the molecule is CCOC(/C=C/COP=O)OCC. The lowest BCUT2D eigenvalue weighted by Gasteiger charge is -2.11. The molecule has 0 rings (SSSR count). The van der Waals surface area contributed by atoms with Gasteiger partial charge in [-0.1, -0.05) is 6.08 Å². The summed E-state index contributed by atoms with van der Waals surface area (Å²) in [5, 5.41) is 0. The molecule has 0 aromatic rings. The summed E-state index contributed by atoms with van der Waals surface area (Å²) in [7, 11) is -0.311. The van der Waals surface area contributed by atoms with Crippen LogP contribution in [0.1, 0.15) is 13.8 Å². The molecular weight excluding hydrogens is 191 g/mol. The number of ether oxygens (including phenoxy) is 2. The van der Waals surface area contributed by atoms with Gasteiger partial charge in [0.25, 0.3) is 0 Å². The first-order chi connectivity index (χ1) is 6.35. The van der Waals surface area contributed by atoms with Gasteiger partial charge in [0, 0.05) is 13.2 Å². The van der Waals surface area contributed by atoms with Crippen LogP contribution in [0, 0.1) is 0 Å². The lowest BCUT2D eigenvalue weighted by Crippen LogP contribution is -2.14. The predicted molar refractivity (Wildman–Crippen MR) is 49.7 cm³/mol. The smallest absolute Gasteiger partial charge is 0.327 e. The molecule has 0 saturated carbocycles. The Kier molecular flexibility index (Phi) is 9.59. The summed E-state index contributed by atoms with van der Waals surface area (Å²) in [6, 6.07) is 0. The van der Waals surface area contributed by atoms with Gasteiger partial charge in [0.1, 0.15) is 0 Å². The van der Waals surface area contributed by atoms with Crippen LogP contribution in [-0.4, -0.2) is 26.1 Å². The van der Waals surface area contributed by atoms with Crippen molar-refractivity contribution in [1.29, 1.82) is 0 Å². The van der Waals surface area contributed by atoms with Crippen molar-refractivity contribution in [2.75, 3.05) is 19.8 Å². The fraction of sp³-hybridized carbons (Fsp3) is 0.750. The van der Waals surface area contributed by atoms with Crippen LogP contribution in [0.5, 0.6) is 0 Å². The first kappa shape index (κ1) is 12.7. The molecule has 5 heteroatoms. The highest BCUT2D eigenvalue weighted by atomic mass is 31.1. The predicted octanol–water partition coefficient (Wildman–Crippen LogP) is 2.17. The average Bonchev–Trinajstić information content (AvgIpc) is 2.13. The molecule has 76 valence electrons. The van der Waals surface area contributed by atoms with Crippen LogP contribution in [-0.2, 0) is 18.6 Å². The summed E-state index contributed by atoms with van der Waals surface area (Å²) in [5.74, 6) is 0.